The van der Waals surface area contributed by atoms with Crippen LogP contribution in [-0.2, 0) is 4.79 Å². The van der Waals surface area contributed by atoms with Crippen molar-refractivity contribution >= 4 is 11.6 Å². The number of likely N-dealkylation sites (tertiary alicyclic amines) is 1. The summed E-state index contributed by atoms with van der Waals surface area (Å²) in [6, 6.07) is 16.2. The normalized spacial score (nSPS) is 19.4. The van der Waals surface area contributed by atoms with Crippen molar-refractivity contribution in [3.8, 4) is 11.5 Å². The molecule has 2 aliphatic heterocycles. The third kappa shape index (κ3) is 3.99. The summed E-state index contributed by atoms with van der Waals surface area (Å²) >= 11 is 0. The van der Waals surface area contributed by atoms with Crippen molar-refractivity contribution in [2.24, 2.45) is 0 Å². The second-order valence-corrected chi connectivity index (χ2v) is 7.54. The van der Waals surface area contributed by atoms with E-state index < -0.39 is 0 Å². The topological polar surface area (TPSA) is 42.0 Å². The van der Waals surface area contributed by atoms with E-state index in [1.54, 1.807) is 7.11 Å². The van der Waals surface area contributed by atoms with Crippen molar-refractivity contribution in [1.29, 1.82) is 0 Å². The minimum atomic E-state index is 0.0520. The molecular weight excluding hydrogens is 352 g/mol. The number of methoxy groups -OCH3 is 1. The fourth-order valence-corrected chi connectivity index (χ4v) is 4.30. The summed E-state index contributed by atoms with van der Waals surface area (Å²) in [4.78, 5) is 16.7. The average Bonchev–Trinajstić information content (AvgIpc) is 3.21. The van der Waals surface area contributed by atoms with Gasteiger partial charge in [-0.2, -0.15) is 0 Å². The molecule has 0 aliphatic carbocycles. The van der Waals surface area contributed by atoms with Gasteiger partial charge in [-0.1, -0.05) is 30.3 Å². The summed E-state index contributed by atoms with van der Waals surface area (Å²) in [7, 11) is 1.75. The summed E-state index contributed by atoms with van der Waals surface area (Å²) in [5.41, 5.74) is 2.22. The molecule has 0 aromatic heterocycles. The van der Waals surface area contributed by atoms with Crippen molar-refractivity contribution in [1.82, 2.24) is 4.90 Å². The summed E-state index contributed by atoms with van der Waals surface area (Å²) < 4.78 is 11.0. The van der Waals surface area contributed by atoms with Gasteiger partial charge in [-0.3, -0.25) is 4.79 Å². The van der Waals surface area contributed by atoms with Crippen LogP contribution < -0.4 is 14.4 Å². The van der Waals surface area contributed by atoms with Gasteiger partial charge in [0.15, 0.2) is 6.61 Å². The third-order valence-corrected chi connectivity index (χ3v) is 5.77. The lowest BCUT2D eigenvalue weighted by atomic mass is 9.97. The number of carbonyl (C=O) groups is 1. The van der Waals surface area contributed by atoms with Gasteiger partial charge in [-0.25, -0.2) is 0 Å². The Morgan fingerprint density at radius 1 is 1.07 bits per heavy atom. The summed E-state index contributed by atoms with van der Waals surface area (Å²) in [5.74, 6) is 2.40. The molecule has 1 saturated heterocycles. The highest BCUT2D eigenvalue weighted by molar-refractivity contribution is 5.97. The van der Waals surface area contributed by atoms with Gasteiger partial charge in [-0.15, -0.1) is 0 Å². The highest BCUT2D eigenvalue weighted by Crippen LogP contribution is 2.34. The van der Waals surface area contributed by atoms with Crippen LogP contribution in [0.2, 0.25) is 0 Å². The molecule has 0 bridgehead atoms. The lowest BCUT2D eigenvalue weighted by Gasteiger charge is -2.29. The molecule has 0 N–H and O–H groups in total. The van der Waals surface area contributed by atoms with E-state index in [2.05, 4.69) is 23.1 Å². The second-order valence-electron chi connectivity index (χ2n) is 7.54. The number of para-hydroxylation sites is 3. The van der Waals surface area contributed by atoms with Crippen molar-refractivity contribution < 1.29 is 14.3 Å². The molecule has 5 nitrogen and oxygen atoms in total. The highest BCUT2D eigenvalue weighted by atomic mass is 16.5. The van der Waals surface area contributed by atoms with Crippen molar-refractivity contribution in [2.45, 2.75) is 25.2 Å². The van der Waals surface area contributed by atoms with Gasteiger partial charge < -0.3 is 19.3 Å². The highest BCUT2D eigenvalue weighted by Gasteiger charge is 2.27. The van der Waals surface area contributed by atoms with Crippen LogP contribution in [0.3, 0.4) is 0 Å². The fourth-order valence-electron chi connectivity index (χ4n) is 4.30. The maximum Gasteiger partial charge on any atom is 0.265 e. The first-order valence-electron chi connectivity index (χ1n) is 10.1. The number of ether oxygens (including phenoxy) is 2. The number of nitrogens with zero attached hydrogens (tertiary/aromatic N) is 2. The number of hydrogen-bond acceptors (Lipinski definition) is 4. The first-order valence-corrected chi connectivity index (χ1v) is 10.1. The summed E-state index contributed by atoms with van der Waals surface area (Å²) in [6.07, 6.45) is 3.26. The van der Waals surface area contributed by atoms with Crippen LogP contribution in [-0.4, -0.2) is 50.7 Å². The van der Waals surface area contributed by atoms with Crippen LogP contribution in [0.15, 0.2) is 48.5 Å². The molecule has 0 spiro atoms. The zero-order valence-corrected chi connectivity index (χ0v) is 16.5. The minimum absolute atomic E-state index is 0.0520. The monoisotopic (exact) mass is 380 g/mol. The Morgan fingerprint density at radius 2 is 1.86 bits per heavy atom. The minimum Gasteiger partial charge on any atom is -0.496 e. The Bertz CT molecular complexity index is 823. The molecule has 0 saturated carbocycles. The van der Waals surface area contributed by atoms with E-state index in [1.807, 2.05) is 35.2 Å². The number of hydrogen-bond donors (Lipinski definition) is 0. The van der Waals surface area contributed by atoms with Gasteiger partial charge in [0, 0.05) is 19.0 Å². The van der Waals surface area contributed by atoms with Crippen molar-refractivity contribution in [3.63, 3.8) is 0 Å². The van der Waals surface area contributed by atoms with Gasteiger partial charge in [0.25, 0.3) is 5.91 Å². The molecule has 1 atom stereocenters. The van der Waals surface area contributed by atoms with E-state index in [1.165, 1.54) is 12.0 Å². The molecular formula is C23H28N2O3. The first kappa shape index (κ1) is 18.8. The Kier molecular flexibility index (Phi) is 5.81. The molecule has 2 aliphatic rings. The molecule has 5 heteroatoms. The van der Waals surface area contributed by atoms with E-state index in [-0.39, 0.29) is 12.5 Å². The quantitative estimate of drug-likeness (QED) is 0.687. The van der Waals surface area contributed by atoms with Crippen LogP contribution in [0, 0.1) is 0 Å². The third-order valence-electron chi connectivity index (χ3n) is 5.77. The largest absolute Gasteiger partial charge is 0.496 e. The lowest BCUT2D eigenvalue weighted by molar-refractivity contribution is -0.121. The Balaban J connectivity index is 1.26. The number of fused-ring (bicyclic) bond motifs is 1. The number of anilines is 1. The maximum atomic E-state index is 12.2. The van der Waals surface area contributed by atoms with Gasteiger partial charge in [0.2, 0.25) is 0 Å². The molecule has 2 aromatic carbocycles. The van der Waals surface area contributed by atoms with Crippen LogP contribution >= 0.6 is 0 Å². The molecule has 1 fully saturated rings. The number of unbranched alkanes of at least 4 members (excludes halogenated alkanes) is 1. The van der Waals surface area contributed by atoms with Gasteiger partial charge in [0.05, 0.1) is 12.8 Å². The summed E-state index contributed by atoms with van der Waals surface area (Å²) in [5, 5.41) is 0. The smallest absolute Gasteiger partial charge is 0.265 e. The molecule has 1 amide bonds. The van der Waals surface area contributed by atoms with Crippen molar-refractivity contribution in [3.05, 3.63) is 54.1 Å². The van der Waals surface area contributed by atoms with E-state index in [0.29, 0.717) is 5.92 Å². The lowest BCUT2D eigenvalue weighted by Crippen LogP contribution is -2.39. The first-order chi connectivity index (χ1) is 13.8. The predicted molar refractivity (Wildman–Crippen MR) is 110 cm³/mol. The predicted octanol–water partition coefficient (Wildman–Crippen LogP) is 3.69. The molecule has 28 heavy (non-hydrogen) atoms. The molecule has 2 aromatic rings. The number of amides is 1. The molecule has 4 rings (SSSR count). The molecule has 1 unspecified atom stereocenters. The summed E-state index contributed by atoms with van der Waals surface area (Å²) in [6.45, 7) is 4.18. The Morgan fingerprint density at radius 3 is 2.75 bits per heavy atom. The van der Waals surface area contributed by atoms with Crippen LogP contribution in [0.1, 0.15) is 30.7 Å². The molecule has 2 heterocycles. The zero-order chi connectivity index (χ0) is 19.3. The standard InChI is InChI=1S/C23H28N2O3/c1-27-21-10-4-2-8-19(21)18-12-15-24(16-18)13-6-7-14-25-20-9-3-5-11-22(20)28-17-23(25)26/h2-5,8-11,18H,6-7,12-17H2,1H3. The molecule has 148 valence electrons. The average molecular weight is 380 g/mol. The zero-order valence-electron chi connectivity index (χ0n) is 16.5. The maximum absolute atomic E-state index is 12.2. The number of benzene rings is 2. The SMILES string of the molecule is COc1ccccc1C1CCN(CCCCN2C(=O)COc3ccccc32)C1. The van der Waals surface area contributed by atoms with Gasteiger partial charge in [0.1, 0.15) is 11.5 Å². The van der Waals surface area contributed by atoms with E-state index in [9.17, 15) is 4.79 Å². The number of rotatable bonds is 7. The number of carbonyl (C=O) groups excluding carboxylic acids is 1. The van der Waals surface area contributed by atoms with E-state index in [4.69, 9.17) is 9.47 Å². The van der Waals surface area contributed by atoms with Crippen LogP contribution in [0.4, 0.5) is 5.69 Å². The molecule has 0 radical (unpaired) electrons. The van der Waals surface area contributed by atoms with Gasteiger partial charge in [-0.05, 0) is 56.1 Å². The van der Waals surface area contributed by atoms with Crippen LogP contribution in [0.5, 0.6) is 11.5 Å². The fraction of sp³-hybridized carbons (Fsp3) is 0.435. The van der Waals surface area contributed by atoms with Gasteiger partial charge >= 0.3 is 0 Å². The van der Waals surface area contributed by atoms with Crippen LogP contribution in [0.25, 0.3) is 0 Å². The Hall–Kier alpha value is -2.53. The van der Waals surface area contributed by atoms with Crippen molar-refractivity contribution in [2.75, 3.05) is 44.8 Å². The van der Waals surface area contributed by atoms with E-state index in [0.717, 1.165) is 56.2 Å². The van der Waals surface area contributed by atoms with E-state index >= 15 is 0 Å². The second kappa shape index (κ2) is 8.65. The Labute approximate surface area is 166 Å².